The zero-order valence-electron chi connectivity index (χ0n) is 16.5. The second-order valence-electron chi connectivity index (χ2n) is 6.95. The van der Waals surface area contributed by atoms with Gasteiger partial charge in [0, 0.05) is 31.3 Å². The molecule has 0 radical (unpaired) electrons. The van der Waals surface area contributed by atoms with E-state index in [1.54, 1.807) is 36.3 Å². The first kappa shape index (κ1) is 21.6. The van der Waals surface area contributed by atoms with Crippen LogP contribution in [-0.4, -0.2) is 46.6 Å². The van der Waals surface area contributed by atoms with E-state index in [9.17, 15) is 18.0 Å². The van der Waals surface area contributed by atoms with Gasteiger partial charge in [0.15, 0.2) is 0 Å². The molecule has 4 N–H and O–H groups in total. The van der Waals surface area contributed by atoms with E-state index in [0.717, 1.165) is 11.3 Å². The minimum Gasteiger partial charge on any atom is -0.497 e. The molecule has 2 aromatic carbocycles. The van der Waals surface area contributed by atoms with Crippen LogP contribution >= 0.6 is 0 Å². The van der Waals surface area contributed by atoms with Gasteiger partial charge in [-0.1, -0.05) is 18.2 Å². The molecule has 1 heterocycles. The molecule has 0 saturated carbocycles. The molecule has 1 atom stereocenters. The smallest absolute Gasteiger partial charge is 0.315 e. The fourth-order valence-corrected chi connectivity index (χ4v) is 3.75. The number of nitrogens with one attached hydrogen (secondary N) is 2. The summed E-state index contributed by atoms with van der Waals surface area (Å²) in [5, 5.41) is 10.6. The number of amides is 3. The SMILES string of the molecule is COc1cccc(N2C[C@@H](NC(=O)NCCc3ccc(S(N)(=O)=O)cc3)CC2=O)c1. The van der Waals surface area contributed by atoms with Crippen LogP contribution in [0.3, 0.4) is 0 Å². The second-order valence-corrected chi connectivity index (χ2v) is 8.51. The molecule has 3 amide bonds. The lowest BCUT2D eigenvalue weighted by atomic mass is 10.1. The van der Waals surface area contributed by atoms with Gasteiger partial charge in [0.05, 0.1) is 18.0 Å². The molecule has 2 aromatic rings. The van der Waals surface area contributed by atoms with Crippen molar-refractivity contribution < 1.29 is 22.7 Å². The minimum atomic E-state index is -3.72. The van der Waals surface area contributed by atoms with Crippen molar-refractivity contribution in [3.05, 3.63) is 54.1 Å². The van der Waals surface area contributed by atoms with Gasteiger partial charge in [-0.15, -0.1) is 0 Å². The number of methoxy groups -OCH3 is 1. The van der Waals surface area contributed by atoms with Crippen molar-refractivity contribution in [2.24, 2.45) is 5.14 Å². The molecule has 160 valence electrons. The lowest BCUT2D eigenvalue weighted by Crippen LogP contribution is -2.43. The molecule has 3 rings (SSSR count). The van der Waals surface area contributed by atoms with Crippen LogP contribution in [0.5, 0.6) is 5.75 Å². The molecular formula is C20H24N4O5S. The van der Waals surface area contributed by atoms with E-state index in [-0.39, 0.29) is 29.3 Å². The van der Waals surface area contributed by atoms with Crippen LogP contribution < -0.4 is 25.4 Å². The van der Waals surface area contributed by atoms with Crippen molar-refractivity contribution >= 4 is 27.6 Å². The van der Waals surface area contributed by atoms with Crippen molar-refractivity contribution in [3.63, 3.8) is 0 Å². The maximum atomic E-state index is 12.3. The van der Waals surface area contributed by atoms with Crippen LogP contribution in [0.1, 0.15) is 12.0 Å². The summed E-state index contributed by atoms with van der Waals surface area (Å²) in [6.07, 6.45) is 0.748. The molecule has 1 aliphatic heterocycles. The number of nitrogens with two attached hydrogens (primary N) is 1. The van der Waals surface area contributed by atoms with Crippen molar-refractivity contribution in [3.8, 4) is 5.75 Å². The molecule has 0 aliphatic carbocycles. The highest BCUT2D eigenvalue weighted by molar-refractivity contribution is 7.89. The van der Waals surface area contributed by atoms with Gasteiger partial charge < -0.3 is 20.3 Å². The Balaban J connectivity index is 1.46. The molecule has 30 heavy (non-hydrogen) atoms. The van der Waals surface area contributed by atoms with Crippen LogP contribution in [0.25, 0.3) is 0 Å². The molecule has 10 heteroatoms. The van der Waals surface area contributed by atoms with E-state index in [1.807, 2.05) is 12.1 Å². The normalized spacial score (nSPS) is 16.4. The number of benzene rings is 2. The zero-order chi connectivity index (χ0) is 21.7. The number of carbonyl (C=O) groups is 2. The van der Waals surface area contributed by atoms with Gasteiger partial charge >= 0.3 is 6.03 Å². The Morgan fingerprint density at radius 2 is 1.97 bits per heavy atom. The van der Waals surface area contributed by atoms with Gasteiger partial charge in [-0.3, -0.25) is 4.79 Å². The molecule has 1 fully saturated rings. The third kappa shape index (κ3) is 5.49. The van der Waals surface area contributed by atoms with Gasteiger partial charge in [0.2, 0.25) is 15.9 Å². The van der Waals surface area contributed by atoms with Crippen LogP contribution in [-0.2, 0) is 21.2 Å². The number of hydrogen-bond acceptors (Lipinski definition) is 5. The Morgan fingerprint density at radius 1 is 1.23 bits per heavy atom. The Bertz CT molecular complexity index is 1020. The van der Waals surface area contributed by atoms with Crippen LogP contribution in [0.4, 0.5) is 10.5 Å². The predicted molar refractivity (Wildman–Crippen MR) is 112 cm³/mol. The van der Waals surface area contributed by atoms with Gasteiger partial charge in [-0.2, -0.15) is 0 Å². The number of anilines is 1. The number of carbonyl (C=O) groups excluding carboxylic acids is 2. The zero-order valence-corrected chi connectivity index (χ0v) is 17.3. The van der Waals surface area contributed by atoms with Crippen LogP contribution in [0.2, 0.25) is 0 Å². The molecule has 0 spiro atoms. The molecule has 1 saturated heterocycles. The largest absolute Gasteiger partial charge is 0.497 e. The number of rotatable bonds is 7. The number of nitrogens with zero attached hydrogens (tertiary/aromatic N) is 1. The van der Waals surface area contributed by atoms with Crippen molar-refractivity contribution in [2.45, 2.75) is 23.8 Å². The average Bonchev–Trinajstić information content (AvgIpc) is 3.07. The van der Waals surface area contributed by atoms with E-state index in [4.69, 9.17) is 9.88 Å². The Labute approximate surface area is 175 Å². The van der Waals surface area contributed by atoms with Crippen molar-refractivity contribution in [1.82, 2.24) is 10.6 Å². The van der Waals surface area contributed by atoms with Gasteiger partial charge in [-0.05, 0) is 36.2 Å². The summed E-state index contributed by atoms with van der Waals surface area (Å²) >= 11 is 0. The predicted octanol–water partition coefficient (Wildman–Crippen LogP) is 0.990. The van der Waals surface area contributed by atoms with E-state index in [0.29, 0.717) is 25.3 Å². The van der Waals surface area contributed by atoms with E-state index in [2.05, 4.69) is 10.6 Å². The second kappa shape index (κ2) is 9.14. The van der Waals surface area contributed by atoms with E-state index < -0.39 is 10.0 Å². The highest BCUT2D eigenvalue weighted by Gasteiger charge is 2.31. The maximum absolute atomic E-state index is 12.3. The highest BCUT2D eigenvalue weighted by Crippen LogP contribution is 2.25. The summed E-state index contributed by atoms with van der Waals surface area (Å²) in [5.74, 6) is 0.593. The third-order valence-electron chi connectivity index (χ3n) is 4.78. The maximum Gasteiger partial charge on any atom is 0.315 e. The molecule has 1 aliphatic rings. The van der Waals surface area contributed by atoms with Gasteiger partial charge in [-0.25, -0.2) is 18.4 Å². The molecular weight excluding hydrogens is 408 g/mol. The average molecular weight is 433 g/mol. The van der Waals surface area contributed by atoms with Crippen molar-refractivity contribution in [1.29, 1.82) is 0 Å². The summed E-state index contributed by atoms with van der Waals surface area (Å²) in [6, 6.07) is 12.7. The fourth-order valence-electron chi connectivity index (χ4n) is 3.23. The van der Waals surface area contributed by atoms with Crippen LogP contribution in [0.15, 0.2) is 53.4 Å². The third-order valence-corrected chi connectivity index (χ3v) is 5.71. The summed E-state index contributed by atoms with van der Waals surface area (Å²) in [6.45, 7) is 0.745. The minimum absolute atomic E-state index is 0.0449. The quantitative estimate of drug-likeness (QED) is 0.601. The lowest BCUT2D eigenvalue weighted by molar-refractivity contribution is -0.117. The first-order chi connectivity index (χ1) is 14.3. The number of primary sulfonamides is 1. The first-order valence-electron chi connectivity index (χ1n) is 9.37. The Kier molecular flexibility index (Phi) is 6.58. The van der Waals surface area contributed by atoms with Gasteiger partial charge in [0.25, 0.3) is 0 Å². The highest BCUT2D eigenvalue weighted by atomic mass is 32.2. The first-order valence-corrected chi connectivity index (χ1v) is 10.9. The van der Waals surface area contributed by atoms with E-state index in [1.165, 1.54) is 12.1 Å². The lowest BCUT2D eigenvalue weighted by Gasteiger charge is -2.18. The molecule has 9 nitrogen and oxygen atoms in total. The fraction of sp³-hybridized carbons (Fsp3) is 0.300. The standard InChI is InChI=1S/C20H24N4O5S/c1-29-17-4-2-3-16(12-17)24-13-15(11-19(24)25)23-20(26)22-10-9-14-5-7-18(8-6-14)30(21,27)28/h2-8,12,15H,9-11,13H2,1H3,(H2,21,27,28)(H2,22,23,26)/t15-/m0/s1. The summed E-state index contributed by atoms with van der Waals surface area (Å²) < 4.78 is 27.7. The van der Waals surface area contributed by atoms with Crippen LogP contribution in [0, 0.1) is 0 Å². The number of ether oxygens (including phenoxy) is 1. The van der Waals surface area contributed by atoms with Crippen molar-refractivity contribution in [2.75, 3.05) is 25.1 Å². The molecule has 0 aromatic heterocycles. The summed E-state index contributed by atoms with van der Waals surface area (Å²) in [4.78, 5) is 26.2. The monoisotopic (exact) mass is 432 g/mol. The van der Waals surface area contributed by atoms with Gasteiger partial charge in [0.1, 0.15) is 5.75 Å². The number of hydrogen-bond donors (Lipinski definition) is 3. The topological polar surface area (TPSA) is 131 Å². The summed E-state index contributed by atoms with van der Waals surface area (Å²) in [7, 11) is -2.15. The van der Waals surface area contributed by atoms with E-state index >= 15 is 0 Å². The molecule has 0 bridgehead atoms. The number of urea groups is 1. The molecule has 0 unspecified atom stereocenters. The Hall–Kier alpha value is -3.11. The Morgan fingerprint density at radius 3 is 2.63 bits per heavy atom. The number of sulfonamides is 1. The summed E-state index contributed by atoms with van der Waals surface area (Å²) in [5.41, 5.74) is 1.59.